The Labute approximate surface area is 141 Å². The van der Waals surface area contributed by atoms with Gasteiger partial charge in [-0.05, 0) is 36.6 Å². The lowest BCUT2D eigenvalue weighted by Crippen LogP contribution is -2.48. The van der Waals surface area contributed by atoms with E-state index in [4.69, 9.17) is 9.15 Å². The zero-order valence-corrected chi connectivity index (χ0v) is 13.8. The molecule has 2 aromatic rings. The molecule has 1 N–H and O–H groups in total. The Kier molecular flexibility index (Phi) is 4.02. The lowest BCUT2D eigenvalue weighted by molar-refractivity contribution is -0.0263. The van der Waals surface area contributed by atoms with Crippen LogP contribution in [0.1, 0.15) is 34.7 Å². The van der Waals surface area contributed by atoms with Crippen LogP contribution in [0.3, 0.4) is 0 Å². The molecule has 1 fully saturated rings. The molecule has 2 atom stereocenters. The molecule has 4 rings (SSSR count). The molecular weight excluding hydrogens is 304 g/mol. The largest absolute Gasteiger partial charge is 0.464 e. The number of hydrogen-bond acceptors (Lipinski definition) is 3. The minimum absolute atomic E-state index is 0.0176. The molecule has 5 nitrogen and oxygen atoms in total. The Hall–Kier alpha value is -2.27. The van der Waals surface area contributed by atoms with E-state index in [-0.39, 0.29) is 12.1 Å². The van der Waals surface area contributed by atoms with Crippen LogP contribution >= 0.6 is 0 Å². The van der Waals surface area contributed by atoms with Crippen molar-refractivity contribution < 1.29 is 13.9 Å². The van der Waals surface area contributed by atoms with Crippen molar-refractivity contribution in [1.29, 1.82) is 0 Å². The highest BCUT2D eigenvalue weighted by Gasteiger charge is 2.29. The van der Waals surface area contributed by atoms with Gasteiger partial charge in [-0.1, -0.05) is 24.3 Å². The van der Waals surface area contributed by atoms with Crippen molar-refractivity contribution in [2.45, 2.75) is 25.4 Å². The molecular formula is C19H22N2O3. The maximum Gasteiger partial charge on any atom is 0.317 e. The number of aryl methyl sites for hydroxylation is 1. The average Bonchev–Trinajstić information content (AvgIpc) is 3.02. The summed E-state index contributed by atoms with van der Waals surface area (Å²) in [5, 5.41) is 3.07. The zero-order chi connectivity index (χ0) is 16.5. The summed E-state index contributed by atoms with van der Waals surface area (Å²) in [6.07, 6.45) is 0.871. The summed E-state index contributed by atoms with van der Waals surface area (Å²) in [6.45, 7) is 4.28. The van der Waals surface area contributed by atoms with Crippen LogP contribution in [-0.2, 0) is 11.2 Å². The number of hydrogen-bond donors (Lipinski definition) is 1. The fourth-order valence-electron chi connectivity index (χ4n) is 3.50. The van der Waals surface area contributed by atoms with Crippen molar-refractivity contribution in [3.63, 3.8) is 0 Å². The summed E-state index contributed by atoms with van der Waals surface area (Å²) in [5.41, 5.74) is 2.76. The van der Waals surface area contributed by atoms with E-state index in [0.717, 1.165) is 17.9 Å². The summed E-state index contributed by atoms with van der Waals surface area (Å²) >= 11 is 0. The number of morpholine rings is 1. The zero-order valence-electron chi connectivity index (χ0n) is 13.8. The Morgan fingerprint density at radius 3 is 2.96 bits per heavy atom. The van der Waals surface area contributed by atoms with Crippen molar-refractivity contribution in [2.75, 3.05) is 26.2 Å². The normalized spacial score (nSPS) is 22.6. The Bertz CT molecular complexity index is 740. The lowest BCUT2D eigenvalue weighted by Gasteiger charge is -2.34. The third-order valence-corrected chi connectivity index (χ3v) is 4.89. The number of fused-ring (bicyclic) bond motifs is 1. The van der Waals surface area contributed by atoms with Gasteiger partial charge in [0.2, 0.25) is 0 Å². The summed E-state index contributed by atoms with van der Waals surface area (Å²) in [6, 6.07) is 12.3. The monoisotopic (exact) mass is 326 g/mol. The minimum atomic E-state index is -0.178. The Balaban J connectivity index is 1.32. The third-order valence-electron chi connectivity index (χ3n) is 4.89. The van der Waals surface area contributed by atoms with Crippen LogP contribution in [-0.4, -0.2) is 37.2 Å². The number of urea groups is 1. The number of benzene rings is 1. The fourth-order valence-corrected chi connectivity index (χ4v) is 3.50. The molecule has 1 saturated heterocycles. The van der Waals surface area contributed by atoms with Gasteiger partial charge in [-0.3, -0.25) is 0 Å². The first-order valence-electron chi connectivity index (χ1n) is 8.49. The van der Waals surface area contributed by atoms with Gasteiger partial charge in [0.05, 0.1) is 13.2 Å². The van der Waals surface area contributed by atoms with Gasteiger partial charge < -0.3 is 19.4 Å². The predicted octanol–water partition coefficient (Wildman–Crippen LogP) is 3.01. The lowest BCUT2D eigenvalue weighted by atomic mass is 9.78. The van der Waals surface area contributed by atoms with Crippen LogP contribution in [0, 0.1) is 6.92 Å². The summed E-state index contributed by atoms with van der Waals surface area (Å²) in [7, 11) is 0. The maximum atomic E-state index is 12.5. The van der Waals surface area contributed by atoms with Crippen LogP contribution < -0.4 is 5.32 Å². The smallest absolute Gasteiger partial charge is 0.317 e. The standard InChI is InChI=1S/C19H22N2O3/c1-13-6-7-17(24-13)18-12-21(8-9-23-18)19(22)20-11-15-10-14-4-2-3-5-16(14)15/h2-7,15,18H,8-12H2,1H3,(H,20,22)/t15-,18-/m1/s1. The van der Waals surface area contributed by atoms with Crippen molar-refractivity contribution in [3.05, 3.63) is 59.0 Å². The van der Waals surface area contributed by atoms with E-state index >= 15 is 0 Å². The first-order chi connectivity index (χ1) is 11.7. The molecule has 1 aromatic heterocycles. The molecule has 24 heavy (non-hydrogen) atoms. The molecule has 1 aromatic carbocycles. The van der Waals surface area contributed by atoms with Crippen molar-refractivity contribution in [1.82, 2.24) is 10.2 Å². The number of ether oxygens (including phenoxy) is 1. The van der Waals surface area contributed by atoms with Gasteiger partial charge >= 0.3 is 6.03 Å². The molecule has 0 saturated carbocycles. The van der Waals surface area contributed by atoms with E-state index in [1.54, 1.807) is 0 Å². The average molecular weight is 326 g/mol. The fraction of sp³-hybridized carbons (Fsp3) is 0.421. The van der Waals surface area contributed by atoms with E-state index in [1.165, 1.54) is 11.1 Å². The van der Waals surface area contributed by atoms with Gasteiger partial charge in [-0.25, -0.2) is 4.79 Å². The molecule has 0 spiro atoms. The van der Waals surface area contributed by atoms with Crippen molar-refractivity contribution in [2.24, 2.45) is 0 Å². The van der Waals surface area contributed by atoms with E-state index in [2.05, 4.69) is 29.6 Å². The van der Waals surface area contributed by atoms with Gasteiger partial charge in [-0.2, -0.15) is 0 Å². The number of carbonyl (C=O) groups is 1. The molecule has 2 amide bonds. The predicted molar refractivity (Wildman–Crippen MR) is 90.0 cm³/mol. The van der Waals surface area contributed by atoms with Crippen molar-refractivity contribution >= 4 is 6.03 Å². The molecule has 2 aliphatic rings. The highest BCUT2D eigenvalue weighted by molar-refractivity contribution is 5.74. The topological polar surface area (TPSA) is 54.7 Å². The molecule has 5 heteroatoms. The molecule has 0 bridgehead atoms. The third kappa shape index (κ3) is 2.91. The van der Waals surface area contributed by atoms with Gasteiger partial charge in [-0.15, -0.1) is 0 Å². The Morgan fingerprint density at radius 2 is 2.17 bits per heavy atom. The van der Waals surface area contributed by atoms with E-state index < -0.39 is 0 Å². The number of nitrogens with one attached hydrogen (secondary N) is 1. The van der Waals surface area contributed by atoms with Crippen LogP contribution in [0.4, 0.5) is 4.79 Å². The van der Waals surface area contributed by atoms with Crippen LogP contribution in [0.15, 0.2) is 40.8 Å². The van der Waals surface area contributed by atoms with Gasteiger partial charge in [0.1, 0.15) is 17.6 Å². The molecule has 1 aliphatic carbocycles. The number of rotatable bonds is 3. The summed E-state index contributed by atoms with van der Waals surface area (Å²) < 4.78 is 11.4. The van der Waals surface area contributed by atoms with Crippen LogP contribution in [0.5, 0.6) is 0 Å². The second-order valence-corrected chi connectivity index (χ2v) is 6.54. The quantitative estimate of drug-likeness (QED) is 0.943. The first kappa shape index (κ1) is 15.3. The number of furan rings is 1. The molecule has 0 radical (unpaired) electrons. The van der Waals surface area contributed by atoms with E-state index in [9.17, 15) is 4.79 Å². The van der Waals surface area contributed by atoms with E-state index in [1.807, 2.05) is 24.0 Å². The SMILES string of the molecule is Cc1ccc([C@H]2CN(C(=O)NC[C@H]3Cc4ccccc43)CCO2)o1. The molecule has 2 heterocycles. The van der Waals surface area contributed by atoms with Crippen molar-refractivity contribution in [3.8, 4) is 0 Å². The van der Waals surface area contributed by atoms with Crippen LogP contribution in [0.2, 0.25) is 0 Å². The summed E-state index contributed by atoms with van der Waals surface area (Å²) in [4.78, 5) is 14.3. The Morgan fingerprint density at radius 1 is 1.29 bits per heavy atom. The van der Waals surface area contributed by atoms with Crippen LogP contribution in [0.25, 0.3) is 0 Å². The highest BCUT2D eigenvalue weighted by atomic mass is 16.5. The molecule has 126 valence electrons. The number of carbonyl (C=O) groups excluding carboxylic acids is 1. The molecule has 1 aliphatic heterocycles. The maximum absolute atomic E-state index is 12.5. The van der Waals surface area contributed by atoms with Gasteiger partial charge in [0.25, 0.3) is 0 Å². The second kappa shape index (κ2) is 6.32. The number of nitrogens with zero attached hydrogens (tertiary/aromatic N) is 1. The minimum Gasteiger partial charge on any atom is -0.464 e. The van der Waals surface area contributed by atoms with E-state index in [0.29, 0.717) is 32.2 Å². The molecule has 0 unspecified atom stereocenters. The van der Waals surface area contributed by atoms with Gasteiger partial charge in [0, 0.05) is 19.0 Å². The number of amides is 2. The highest BCUT2D eigenvalue weighted by Crippen LogP contribution is 2.34. The second-order valence-electron chi connectivity index (χ2n) is 6.54. The summed E-state index contributed by atoms with van der Waals surface area (Å²) in [5.74, 6) is 2.09. The van der Waals surface area contributed by atoms with Gasteiger partial charge in [0.15, 0.2) is 0 Å². The first-order valence-corrected chi connectivity index (χ1v) is 8.49.